The second kappa shape index (κ2) is 6.71. The molecule has 3 aliphatic rings. The number of anilines is 1. The van der Waals surface area contributed by atoms with Crippen LogP contribution in [0.15, 0.2) is 41.5 Å². The minimum atomic E-state index is -0.614. The van der Waals surface area contributed by atoms with Gasteiger partial charge in [0.1, 0.15) is 17.8 Å². The third-order valence-electron chi connectivity index (χ3n) is 4.75. The third kappa shape index (κ3) is 2.99. The number of fused-ring (bicyclic) bond motifs is 2. The molecule has 138 valence electrons. The number of methoxy groups -OCH3 is 1. The van der Waals surface area contributed by atoms with Crippen LogP contribution in [-0.2, 0) is 22.5 Å². The highest BCUT2D eigenvalue weighted by molar-refractivity contribution is 5.97. The minimum Gasteiger partial charge on any atom is -0.465 e. The first-order valence-electron chi connectivity index (χ1n) is 8.63. The van der Waals surface area contributed by atoms with E-state index in [1.165, 1.54) is 24.1 Å². The van der Waals surface area contributed by atoms with Crippen molar-refractivity contribution < 1.29 is 14.3 Å². The monoisotopic (exact) mass is 366 g/mol. The topological polar surface area (TPSA) is 97.3 Å². The quantitative estimate of drug-likeness (QED) is 0.708. The first-order chi connectivity index (χ1) is 13.1. The number of benzene rings is 1. The van der Waals surface area contributed by atoms with Crippen molar-refractivity contribution in [2.24, 2.45) is 0 Å². The van der Waals surface area contributed by atoms with Crippen LogP contribution < -0.4 is 10.5 Å². The fraction of sp³-hybridized carbons (Fsp3) is 0.263. The Morgan fingerprint density at radius 1 is 1.26 bits per heavy atom. The molecule has 0 aliphatic carbocycles. The zero-order valence-electron chi connectivity index (χ0n) is 14.8. The number of para-hydroxylation sites is 1. The third-order valence-corrected chi connectivity index (χ3v) is 4.75. The number of rotatable bonds is 3. The molecule has 1 amide bonds. The molecule has 3 heterocycles. The minimum absolute atomic E-state index is 0.00110. The zero-order chi connectivity index (χ0) is 19.0. The van der Waals surface area contributed by atoms with E-state index in [4.69, 9.17) is 4.74 Å². The number of esters is 1. The first-order valence-corrected chi connectivity index (χ1v) is 8.63. The van der Waals surface area contributed by atoms with Crippen LogP contribution in [0, 0.1) is 0 Å². The highest BCUT2D eigenvalue weighted by Crippen LogP contribution is 2.27. The number of H-pyrrole nitrogens is 1. The maximum atomic E-state index is 12.9. The highest BCUT2D eigenvalue weighted by atomic mass is 16.5. The van der Waals surface area contributed by atoms with Crippen LogP contribution in [0.3, 0.4) is 0 Å². The van der Waals surface area contributed by atoms with Crippen LogP contribution in [0.2, 0.25) is 0 Å². The molecule has 4 rings (SSSR count). The van der Waals surface area contributed by atoms with Crippen LogP contribution in [0.4, 0.5) is 5.69 Å². The standard InChI is InChI=1S/C19H18N4O4/c1-27-19(26)14-10-22(9-13-17(14)20-21-18(13)25)11-16(24)23-8-4-6-12-5-2-3-7-15(12)23/h2-3,5,7,9-10H,4,6,8,11H2,1H3,(H,21,25). The number of hydrogen-bond donors (Lipinski definition) is 1. The predicted octanol–water partition coefficient (Wildman–Crippen LogP) is 1.44. The SMILES string of the molecule is COC(=O)c1cn(CC(=O)N2CCCc3ccccc32)cc2c(=O)[nH]nc1-2. The Kier molecular flexibility index (Phi) is 4.23. The number of carbonyl (C=O) groups excluding carboxylic acids is 2. The van der Waals surface area contributed by atoms with Crippen molar-refractivity contribution in [2.75, 3.05) is 18.6 Å². The first kappa shape index (κ1) is 17.0. The van der Waals surface area contributed by atoms with Gasteiger partial charge in [0.15, 0.2) is 0 Å². The molecule has 0 saturated carbocycles. The number of ether oxygens (including phenoxy) is 1. The Labute approximate surface area is 154 Å². The summed E-state index contributed by atoms with van der Waals surface area (Å²) in [4.78, 5) is 38.7. The van der Waals surface area contributed by atoms with E-state index in [-0.39, 0.29) is 29.3 Å². The summed E-state index contributed by atoms with van der Waals surface area (Å²) in [5, 5.41) is 6.21. The van der Waals surface area contributed by atoms with Gasteiger partial charge in [-0.1, -0.05) is 18.2 Å². The Balaban J connectivity index is 1.69. The number of nitrogens with one attached hydrogen (secondary N) is 1. The van der Waals surface area contributed by atoms with Gasteiger partial charge in [-0.15, -0.1) is 0 Å². The summed E-state index contributed by atoms with van der Waals surface area (Å²) < 4.78 is 6.31. The molecule has 3 aliphatic heterocycles. The lowest BCUT2D eigenvalue weighted by Gasteiger charge is -2.29. The van der Waals surface area contributed by atoms with E-state index in [0.717, 1.165) is 24.1 Å². The molecular formula is C19H18N4O4. The van der Waals surface area contributed by atoms with E-state index < -0.39 is 11.5 Å². The summed E-state index contributed by atoms with van der Waals surface area (Å²) in [7, 11) is 1.26. The van der Waals surface area contributed by atoms with Crippen molar-refractivity contribution in [2.45, 2.75) is 19.4 Å². The molecule has 0 bridgehead atoms. The molecule has 0 unspecified atom stereocenters. The number of hydrogen-bond acceptors (Lipinski definition) is 5. The number of aromatic nitrogens is 3. The summed E-state index contributed by atoms with van der Waals surface area (Å²) in [6.45, 7) is 0.639. The van der Waals surface area contributed by atoms with E-state index in [0.29, 0.717) is 6.54 Å². The largest absolute Gasteiger partial charge is 0.465 e. The second-order valence-corrected chi connectivity index (χ2v) is 6.43. The van der Waals surface area contributed by atoms with Gasteiger partial charge >= 0.3 is 5.97 Å². The van der Waals surface area contributed by atoms with Gasteiger partial charge in [-0.25, -0.2) is 9.89 Å². The summed E-state index contributed by atoms with van der Waals surface area (Å²) >= 11 is 0. The van der Waals surface area contributed by atoms with E-state index in [1.807, 2.05) is 24.3 Å². The normalized spacial score (nSPS) is 13.4. The molecule has 1 N–H and O–H groups in total. The number of amides is 1. The zero-order valence-corrected chi connectivity index (χ0v) is 14.8. The van der Waals surface area contributed by atoms with Crippen molar-refractivity contribution in [1.82, 2.24) is 14.8 Å². The molecule has 1 aromatic carbocycles. The fourth-order valence-corrected chi connectivity index (χ4v) is 3.47. The maximum absolute atomic E-state index is 12.9. The van der Waals surface area contributed by atoms with Gasteiger partial charge in [0.25, 0.3) is 5.56 Å². The average molecular weight is 366 g/mol. The molecule has 1 aromatic rings. The van der Waals surface area contributed by atoms with Gasteiger partial charge in [-0.05, 0) is 24.5 Å². The maximum Gasteiger partial charge on any atom is 0.341 e. The lowest BCUT2D eigenvalue weighted by molar-refractivity contribution is -0.119. The molecule has 0 aromatic heterocycles. The van der Waals surface area contributed by atoms with Gasteiger partial charge < -0.3 is 14.2 Å². The van der Waals surface area contributed by atoms with Gasteiger partial charge in [0, 0.05) is 24.6 Å². The average Bonchev–Trinajstić information content (AvgIpc) is 3.07. The molecular weight excluding hydrogens is 348 g/mol. The molecule has 0 radical (unpaired) electrons. The molecule has 0 atom stereocenters. The molecule has 27 heavy (non-hydrogen) atoms. The van der Waals surface area contributed by atoms with E-state index >= 15 is 0 Å². The van der Waals surface area contributed by atoms with Crippen LogP contribution >= 0.6 is 0 Å². The highest BCUT2D eigenvalue weighted by Gasteiger charge is 2.25. The van der Waals surface area contributed by atoms with Gasteiger partial charge in [0.05, 0.1) is 12.7 Å². The van der Waals surface area contributed by atoms with Gasteiger partial charge in [0.2, 0.25) is 5.91 Å². The molecule has 0 saturated heterocycles. The number of aromatic amines is 1. The lowest BCUT2D eigenvalue weighted by atomic mass is 10.0. The summed E-state index contributed by atoms with van der Waals surface area (Å²) in [6.07, 6.45) is 4.86. The number of nitrogens with zero attached hydrogens (tertiary/aromatic N) is 3. The smallest absolute Gasteiger partial charge is 0.341 e. The van der Waals surface area contributed by atoms with Crippen LogP contribution in [0.5, 0.6) is 0 Å². The predicted molar refractivity (Wildman–Crippen MR) is 97.9 cm³/mol. The van der Waals surface area contributed by atoms with Crippen LogP contribution in [0.1, 0.15) is 22.3 Å². The fourth-order valence-electron chi connectivity index (χ4n) is 3.47. The van der Waals surface area contributed by atoms with Gasteiger partial charge in [-0.3, -0.25) is 9.59 Å². The Hall–Kier alpha value is -3.42. The van der Waals surface area contributed by atoms with Gasteiger partial charge in [-0.2, -0.15) is 5.10 Å². The summed E-state index contributed by atoms with van der Waals surface area (Å²) in [6, 6.07) is 7.84. The molecule has 0 fully saturated rings. The van der Waals surface area contributed by atoms with Crippen molar-refractivity contribution in [1.29, 1.82) is 0 Å². The number of aryl methyl sites for hydroxylation is 1. The molecule has 0 spiro atoms. The Morgan fingerprint density at radius 2 is 2.07 bits per heavy atom. The van der Waals surface area contributed by atoms with E-state index in [1.54, 1.807) is 4.90 Å². The van der Waals surface area contributed by atoms with E-state index in [9.17, 15) is 14.4 Å². The van der Waals surface area contributed by atoms with Crippen LogP contribution in [-0.4, -0.2) is 40.3 Å². The van der Waals surface area contributed by atoms with Crippen LogP contribution in [0.25, 0.3) is 11.3 Å². The number of carbonyl (C=O) groups is 2. The van der Waals surface area contributed by atoms with Crippen molar-refractivity contribution in [3.05, 3.63) is 58.1 Å². The van der Waals surface area contributed by atoms with Crippen molar-refractivity contribution in [3.8, 4) is 11.3 Å². The summed E-state index contributed by atoms with van der Waals surface area (Å²) in [5.74, 6) is -0.727. The van der Waals surface area contributed by atoms with Crippen molar-refractivity contribution in [3.63, 3.8) is 0 Å². The lowest BCUT2D eigenvalue weighted by Crippen LogP contribution is -2.37. The molecule has 8 heteroatoms. The Morgan fingerprint density at radius 3 is 2.89 bits per heavy atom. The van der Waals surface area contributed by atoms with E-state index in [2.05, 4.69) is 10.2 Å². The number of pyridine rings is 1. The van der Waals surface area contributed by atoms with Crippen molar-refractivity contribution >= 4 is 17.6 Å². The summed E-state index contributed by atoms with van der Waals surface area (Å²) in [5.41, 5.74) is 2.25. The Bertz CT molecular complexity index is 1050. The second-order valence-electron chi connectivity index (χ2n) is 6.43. The molecule has 8 nitrogen and oxygen atoms in total.